The van der Waals surface area contributed by atoms with Gasteiger partial charge in [-0.05, 0) is 49.5 Å². The van der Waals surface area contributed by atoms with Crippen molar-refractivity contribution in [2.75, 3.05) is 7.11 Å². The van der Waals surface area contributed by atoms with Crippen molar-refractivity contribution in [1.82, 2.24) is 4.98 Å². The monoisotopic (exact) mass is 621 g/mol. The van der Waals surface area contributed by atoms with Crippen LogP contribution in [0.15, 0.2) is 47.0 Å². The number of H-pyrrole nitrogens is 1. The van der Waals surface area contributed by atoms with Crippen LogP contribution in [0.25, 0.3) is 22.9 Å². The second-order valence-electron chi connectivity index (χ2n) is 11.6. The van der Waals surface area contributed by atoms with Crippen molar-refractivity contribution in [2.45, 2.75) is 51.4 Å². The van der Waals surface area contributed by atoms with Crippen LogP contribution in [0.3, 0.4) is 0 Å². The van der Waals surface area contributed by atoms with Gasteiger partial charge in [-0.2, -0.15) is 0 Å². The number of allylic oxidation sites excluding steroid dienone is 6. The van der Waals surface area contributed by atoms with Crippen LogP contribution in [0.4, 0.5) is 0 Å². The van der Waals surface area contributed by atoms with Gasteiger partial charge in [0.1, 0.15) is 22.7 Å². The molecule has 46 heavy (non-hydrogen) atoms. The molecule has 0 bridgehead atoms. The standard InChI is InChI=1S/C36H31NO9/c1-4-6-8-10-12-18-19-13-14-36(28(19)32(42)23-20(18)15-17(37-35(23)45)11-9-7-5-2)33(43)26-27(34(36)44)31(41)25-24(30(26)40)21(38)16-22(46-3)29(25)39/h5,7,9-12,15-16,40-42H,4,6,8,13-14H2,1-3H3,(H,37,45)/b7-5+,11-9+,12-10+/t36-/m0/s1. The van der Waals surface area contributed by atoms with Gasteiger partial charge in [0.05, 0.1) is 34.7 Å². The minimum atomic E-state index is -2.12. The lowest BCUT2D eigenvalue weighted by Crippen LogP contribution is -2.36. The van der Waals surface area contributed by atoms with Crippen molar-refractivity contribution in [3.05, 3.63) is 97.2 Å². The smallest absolute Gasteiger partial charge is 0.260 e. The molecule has 0 radical (unpaired) electrons. The van der Waals surface area contributed by atoms with Crippen molar-refractivity contribution >= 4 is 46.1 Å². The maximum Gasteiger partial charge on any atom is 0.260 e. The fourth-order valence-electron chi connectivity index (χ4n) is 6.97. The van der Waals surface area contributed by atoms with Crippen molar-refractivity contribution in [3.8, 4) is 17.2 Å². The number of ether oxygens (including phenoxy) is 1. The molecule has 0 amide bonds. The number of pyridine rings is 1. The molecule has 3 aromatic rings. The predicted molar refractivity (Wildman–Crippen MR) is 171 cm³/mol. The van der Waals surface area contributed by atoms with Crippen LogP contribution in [-0.2, 0) is 16.6 Å². The molecule has 1 heterocycles. The lowest BCUT2D eigenvalue weighted by atomic mass is 9.75. The minimum Gasteiger partial charge on any atom is -0.507 e. The van der Waals surface area contributed by atoms with Crippen LogP contribution in [0.2, 0.25) is 0 Å². The van der Waals surface area contributed by atoms with Gasteiger partial charge in [-0.1, -0.05) is 50.1 Å². The lowest BCUT2D eigenvalue weighted by Gasteiger charge is -2.23. The highest BCUT2D eigenvalue weighted by atomic mass is 16.5. The average Bonchev–Trinajstić information content (AvgIpc) is 3.53. The number of hydrogen-bond donors (Lipinski definition) is 4. The van der Waals surface area contributed by atoms with E-state index in [2.05, 4.69) is 11.9 Å². The summed E-state index contributed by atoms with van der Waals surface area (Å²) in [4.78, 5) is 71.1. The Kier molecular flexibility index (Phi) is 7.39. The molecule has 1 atom stereocenters. The Balaban J connectivity index is 1.64. The van der Waals surface area contributed by atoms with Crippen molar-refractivity contribution in [2.24, 2.45) is 0 Å². The first kappa shape index (κ1) is 30.5. The zero-order valence-corrected chi connectivity index (χ0v) is 25.4. The summed E-state index contributed by atoms with van der Waals surface area (Å²) in [7, 11) is 1.15. The minimum absolute atomic E-state index is 0.0887. The number of aromatic nitrogens is 1. The Morgan fingerprint density at radius 1 is 0.935 bits per heavy atom. The largest absolute Gasteiger partial charge is 0.507 e. The Hall–Kier alpha value is -5.51. The molecule has 2 aromatic carbocycles. The first-order chi connectivity index (χ1) is 22.0. The summed E-state index contributed by atoms with van der Waals surface area (Å²) >= 11 is 0. The number of phenolic OH excluding ortho intramolecular Hbond substituents is 3. The zero-order valence-electron chi connectivity index (χ0n) is 25.4. The molecule has 3 aliphatic rings. The molecule has 0 fully saturated rings. The number of fused-ring (bicyclic) bond motifs is 5. The summed E-state index contributed by atoms with van der Waals surface area (Å²) in [6, 6.07) is 1.72. The molecule has 6 rings (SSSR count). The van der Waals surface area contributed by atoms with Gasteiger partial charge in [0.25, 0.3) is 5.56 Å². The van der Waals surface area contributed by atoms with Gasteiger partial charge in [0.15, 0.2) is 23.1 Å². The van der Waals surface area contributed by atoms with Gasteiger partial charge in [-0.25, -0.2) is 0 Å². The molecule has 0 saturated carbocycles. The molecular formula is C36H31NO9. The van der Waals surface area contributed by atoms with Crippen LogP contribution >= 0.6 is 0 Å². The number of unbranched alkanes of at least 4 members (excludes halogenated alkanes) is 2. The van der Waals surface area contributed by atoms with Crippen LogP contribution in [0, 0.1) is 0 Å². The third kappa shape index (κ3) is 4.06. The molecule has 1 spiro atoms. The van der Waals surface area contributed by atoms with E-state index in [-0.39, 0.29) is 23.8 Å². The summed E-state index contributed by atoms with van der Waals surface area (Å²) in [5.74, 6) is -6.54. The molecule has 10 nitrogen and oxygen atoms in total. The fraction of sp³-hybridized carbons (Fsp3) is 0.250. The molecular weight excluding hydrogens is 590 g/mol. The lowest BCUT2D eigenvalue weighted by molar-refractivity contribution is 0.0790. The summed E-state index contributed by atoms with van der Waals surface area (Å²) in [6.07, 6.45) is 14.3. The maximum absolute atomic E-state index is 14.4. The topological polar surface area (TPSA) is 171 Å². The summed E-state index contributed by atoms with van der Waals surface area (Å²) in [5, 5.41) is 34.7. The number of methoxy groups -OCH3 is 1. The van der Waals surface area contributed by atoms with E-state index in [1.807, 2.05) is 25.2 Å². The molecule has 4 N–H and O–H groups in total. The Labute approximate surface area is 263 Å². The fourth-order valence-corrected chi connectivity index (χ4v) is 6.97. The molecule has 3 aliphatic carbocycles. The van der Waals surface area contributed by atoms with Crippen molar-refractivity contribution in [1.29, 1.82) is 0 Å². The number of aromatic hydroxyl groups is 3. The molecule has 0 saturated heterocycles. The van der Waals surface area contributed by atoms with Gasteiger partial charge in [0, 0.05) is 22.7 Å². The number of rotatable bonds is 7. The average molecular weight is 622 g/mol. The third-order valence-electron chi connectivity index (χ3n) is 9.07. The van der Waals surface area contributed by atoms with Crippen LogP contribution in [-0.4, -0.2) is 50.5 Å². The van der Waals surface area contributed by atoms with Gasteiger partial charge < -0.3 is 25.0 Å². The predicted octanol–water partition coefficient (Wildman–Crippen LogP) is 5.61. The molecule has 234 valence electrons. The first-order valence-corrected chi connectivity index (χ1v) is 15.0. The maximum atomic E-state index is 14.4. The Morgan fingerprint density at radius 2 is 1.63 bits per heavy atom. The number of carbonyl (C=O) groups is 4. The van der Waals surface area contributed by atoms with E-state index >= 15 is 0 Å². The van der Waals surface area contributed by atoms with Crippen LogP contribution in [0.5, 0.6) is 17.2 Å². The second-order valence-corrected chi connectivity index (χ2v) is 11.6. The summed E-state index contributed by atoms with van der Waals surface area (Å²) in [5.41, 5.74) is -3.83. The molecule has 1 aromatic heterocycles. The van der Waals surface area contributed by atoms with E-state index in [1.54, 1.807) is 24.3 Å². The van der Waals surface area contributed by atoms with E-state index in [0.29, 0.717) is 22.2 Å². The molecule has 0 unspecified atom stereocenters. The van der Waals surface area contributed by atoms with E-state index in [0.717, 1.165) is 32.4 Å². The van der Waals surface area contributed by atoms with E-state index in [4.69, 9.17) is 4.74 Å². The number of ketones is 4. The van der Waals surface area contributed by atoms with Gasteiger partial charge in [-0.3, -0.25) is 24.0 Å². The number of Topliss-reactive ketones (excluding diaryl/α,β-unsaturated/α-hetero) is 3. The normalized spacial score (nSPS) is 18.9. The molecule has 0 aliphatic heterocycles. The van der Waals surface area contributed by atoms with Gasteiger partial charge in [0.2, 0.25) is 5.78 Å². The van der Waals surface area contributed by atoms with Gasteiger partial charge >= 0.3 is 0 Å². The highest BCUT2D eigenvalue weighted by molar-refractivity contribution is 6.39. The van der Waals surface area contributed by atoms with E-state index in [1.165, 1.54) is 0 Å². The number of nitrogens with one attached hydrogen (secondary N) is 1. The van der Waals surface area contributed by atoms with Gasteiger partial charge in [-0.15, -0.1) is 0 Å². The summed E-state index contributed by atoms with van der Waals surface area (Å²) in [6.45, 7) is 3.91. The number of carbonyl (C=O) groups excluding carboxylic acids is 4. The third-order valence-corrected chi connectivity index (χ3v) is 9.07. The first-order valence-electron chi connectivity index (χ1n) is 15.0. The van der Waals surface area contributed by atoms with E-state index < -0.39 is 79.4 Å². The van der Waals surface area contributed by atoms with Crippen molar-refractivity contribution in [3.63, 3.8) is 0 Å². The number of aromatic amines is 1. The van der Waals surface area contributed by atoms with E-state index in [9.17, 15) is 39.3 Å². The highest BCUT2D eigenvalue weighted by Gasteiger charge is 2.62. The SMILES string of the molecule is C/C=C/C=C/c1cc2c(/C=C/CCCC)c3c(c(O)c2c(=O)[nH]1)[C@@]1(CC3)C(=O)c2c(O)c3c(c(O)c2C1=O)C(=O)C(OC)=CC3=O. The summed E-state index contributed by atoms with van der Waals surface area (Å²) < 4.78 is 4.96. The Morgan fingerprint density at radius 3 is 2.28 bits per heavy atom. The zero-order chi connectivity index (χ0) is 33.1. The van der Waals surface area contributed by atoms with Crippen LogP contribution in [0.1, 0.15) is 103 Å². The Bertz CT molecular complexity index is 2110. The number of phenols is 3. The number of hydrogen-bond acceptors (Lipinski definition) is 9. The number of benzene rings is 2. The molecule has 10 heteroatoms. The quantitative estimate of drug-likeness (QED) is 0.113. The second kappa shape index (κ2) is 11.1. The van der Waals surface area contributed by atoms with Crippen LogP contribution < -0.4 is 5.56 Å². The highest BCUT2D eigenvalue weighted by Crippen LogP contribution is 2.58. The van der Waals surface area contributed by atoms with Crippen molar-refractivity contribution < 1.29 is 39.2 Å².